The summed E-state index contributed by atoms with van der Waals surface area (Å²) in [5, 5.41) is 3.02. The zero-order valence-corrected chi connectivity index (χ0v) is 20.1. The molecule has 7 nitrogen and oxygen atoms in total. The summed E-state index contributed by atoms with van der Waals surface area (Å²) in [4.78, 5) is 13.0. The van der Waals surface area contributed by atoms with Crippen LogP contribution in [0.5, 0.6) is 0 Å². The Morgan fingerprint density at radius 2 is 1.72 bits per heavy atom. The van der Waals surface area contributed by atoms with Gasteiger partial charge in [0, 0.05) is 39.3 Å². The molecule has 2 aromatic carbocycles. The molecule has 2 aromatic rings. The molecular weight excluding hydrogens is 426 g/mol. The first-order valence-corrected chi connectivity index (χ1v) is 12.2. The number of amides is 1. The molecular formula is C24H33N3O4S. The summed E-state index contributed by atoms with van der Waals surface area (Å²) in [6.07, 6.45) is 1.60. The minimum Gasteiger partial charge on any atom is -0.381 e. The topological polar surface area (TPSA) is 79.0 Å². The fraction of sp³-hybridized carbons (Fsp3) is 0.458. The predicted molar refractivity (Wildman–Crippen MR) is 127 cm³/mol. The first-order chi connectivity index (χ1) is 15.2. The van der Waals surface area contributed by atoms with E-state index in [-0.39, 0.29) is 17.9 Å². The molecule has 3 rings (SSSR count). The van der Waals surface area contributed by atoms with E-state index in [0.29, 0.717) is 25.4 Å². The third-order valence-corrected chi connectivity index (χ3v) is 7.93. The van der Waals surface area contributed by atoms with Gasteiger partial charge in [-0.3, -0.25) is 4.79 Å². The average molecular weight is 460 g/mol. The Kier molecular flexibility index (Phi) is 7.59. The molecule has 1 aliphatic heterocycles. The van der Waals surface area contributed by atoms with Crippen molar-refractivity contribution in [2.75, 3.05) is 44.7 Å². The van der Waals surface area contributed by atoms with Gasteiger partial charge in [0.2, 0.25) is 5.91 Å². The highest BCUT2D eigenvalue weighted by molar-refractivity contribution is 7.90. The van der Waals surface area contributed by atoms with Crippen LogP contribution in [0.1, 0.15) is 29.5 Å². The van der Waals surface area contributed by atoms with Gasteiger partial charge in [-0.15, -0.1) is 0 Å². The summed E-state index contributed by atoms with van der Waals surface area (Å²) in [7, 11) is -0.911. The van der Waals surface area contributed by atoms with E-state index in [0.717, 1.165) is 33.8 Å². The summed E-state index contributed by atoms with van der Waals surface area (Å²) in [6.45, 7) is 5.16. The van der Waals surface area contributed by atoms with Crippen LogP contribution in [0, 0.1) is 13.8 Å². The number of carbonyl (C=O) groups excluding carboxylic acids is 1. The number of rotatable bonds is 8. The van der Waals surface area contributed by atoms with Gasteiger partial charge in [0.05, 0.1) is 5.69 Å². The molecule has 8 heteroatoms. The SMILES string of the molecule is Cc1ccc(C)c(N(CC(=O)NCC2(c3ccccc3)CCOCC2)S(=O)(=O)N(C)C)c1. The van der Waals surface area contributed by atoms with Gasteiger partial charge in [-0.05, 0) is 49.4 Å². The third kappa shape index (κ3) is 5.31. The summed E-state index contributed by atoms with van der Waals surface area (Å²) < 4.78 is 34.0. The Labute approximate surface area is 191 Å². The molecule has 0 spiro atoms. The molecule has 1 N–H and O–H groups in total. The number of carbonyl (C=O) groups is 1. The molecule has 174 valence electrons. The molecule has 1 fully saturated rings. The van der Waals surface area contributed by atoms with Crippen molar-refractivity contribution in [3.63, 3.8) is 0 Å². The minimum absolute atomic E-state index is 0.223. The highest BCUT2D eigenvalue weighted by Crippen LogP contribution is 2.34. The Bertz CT molecular complexity index is 1030. The second kappa shape index (κ2) is 10.0. The van der Waals surface area contributed by atoms with Crippen molar-refractivity contribution in [1.82, 2.24) is 9.62 Å². The lowest BCUT2D eigenvalue weighted by molar-refractivity contribution is -0.120. The van der Waals surface area contributed by atoms with Gasteiger partial charge in [0.25, 0.3) is 0 Å². The summed E-state index contributed by atoms with van der Waals surface area (Å²) >= 11 is 0. The molecule has 1 heterocycles. The van der Waals surface area contributed by atoms with Crippen LogP contribution < -0.4 is 9.62 Å². The van der Waals surface area contributed by atoms with E-state index in [1.165, 1.54) is 18.4 Å². The number of nitrogens with one attached hydrogen (secondary N) is 1. The molecule has 0 atom stereocenters. The highest BCUT2D eigenvalue weighted by atomic mass is 32.2. The van der Waals surface area contributed by atoms with Gasteiger partial charge in [-0.25, -0.2) is 4.31 Å². The van der Waals surface area contributed by atoms with Crippen LogP contribution in [-0.2, 0) is 25.2 Å². The van der Waals surface area contributed by atoms with Crippen molar-refractivity contribution < 1.29 is 17.9 Å². The largest absolute Gasteiger partial charge is 0.381 e. The molecule has 1 amide bonds. The van der Waals surface area contributed by atoms with Crippen molar-refractivity contribution in [3.05, 3.63) is 65.2 Å². The molecule has 32 heavy (non-hydrogen) atoms. The lowest BCUT2D eigenvalue weighted by Gasteiger charge is -2.38. The van der Waals surface area contributed by atoms with Crippen LogP contribution in [0.2, 0.25) is 0 Å². The first-order valence-electron chi connectivity index (χ1n) is 10.8. The van der Waals surface area contributed by atoms with E-state index >= 15 is 0 Å². The van der Waals surface area contributed by atoms with Crippen LogP contribution >= 0.6 is 0 Å². The number of nitrogens with zero attached hydrogens (tertiary/aromatic N) is 2. The van der Waals surface area contributed by atoms with Gasteiger partial charge in [0.15, 0.2) is 0 Å². The van der Waals surface area contributed by atoms with Gasteiger partial charge in [0.1, 0.15) is 6.54 Å². The Hall–Kier alpha value is -2.42. The van der Waals surface area contributed by atoms with E-state index in [9.17, 15) is 13.2 Å². The predicted octanol–water partition coefficient (Wildman–Crippen LogP) is 2.78. The quantitative estimate of drug-likeness (QED) is 0.658. The van der Waals surface area contributed by atoms with Gasteiger partial charge < -0.3 is 10.1 Å². The molecule has 0 saturated carbocycles. The van der Waals surface area contributed by atoms with E-state index < -0.39 is 10.2 Å². The van der Waals surface area contributed by atoms with Crippen molar-refractivity contribution in [3.8, 4) is 0 Å². The van der Waals surface area contributed by atoms with Crippen LogP contribution in [0.3, 0.4) is 0 Å². The Morgan fingerprint density at radius 1 is 1.06 bits per heavy atom. The maximum absolute atomic E-state index is 13.1. The molecule has 0 unspecified atom stereocenters. The van der Waals surface area contributed by atoms with Crippen LogP contribution in [0.4, 0.5) is 5.69 Å². The lowest BCUT2D eigenvalue weighted by atomic mass is 9.74. The van der Waals surface area contributed by atoms with E-state index in [1.807, 2.05) is 44.2 Å². The number of aryl methyl sites for hydroxylation is 2. The van der Waals surface area contributed by atoms with Gasteiger partial charge >= 0.3 is 10.2 Å². The first kappa shape index (κ1) is 24.2. The number of anilines is 1. The second-order valence-electron chi connectivity index (χ2n) is 8.62. The number of ether oxygens (including phenoxy) is 1. The molecule has 0 aromatic heterocycles. The van der Waals surface area contributed by atoms with E-state index in [2.05, 4.69) is 17.4 Å². The summed E-state index contributed by atoms with van der Waals surface area (Å²) in [5.74, 6) is -0.335. The Morgan fingerprint density at radius 3 is 2.34 bits per heavy atom. The Balaban J connectivity index is 1.83. The second-order valence-corrected chi connectivity index (χ2v) is 10.7. The van der Waals surface area contributed by atoms with Crippen LogP contribution in [0.15, 0.2) is 48.5 Å². The van der Waals surface area contributed by atoms with Crippen molar-refractivity contribution in [1.29, 1.82) is 0 Å². The number of benzene rings is 2. The summed E-state index contributed by atoms with van der Waals surface area (Å²) in [5.41, 5.74) is 3.17. The average Bonchev–Trinajstić information content (AvgIpc) is 2.79. The molecule has 0 bridgehead atoms. The smallest absolute Gasteiger partial charge is 0.304 e. The third-order valence-electron chi connectivity index (χ3n) is 6.12. The van der Waals surface area contributed by atoms with Gasteiger partial charge in [-0.1, -0.05) is 42.5 Å². The highest BCUT2D eigenvalue weighted by Gasteiger charge is 2.35. The maximum Gasteiger partial charge on any atom is 0.304 e. The molecule has 0 radical (unpaired) electrons. The standard InChI is InChI=1S/C24H33N3O4S/c1-19-10-11-20(2)22(16-19)27(32(29,30)26(3)4)17-23(28)25-18-24(12-14-31-15-13-24)21-8-6-5-7-9-21/h5-11,16H,12-15,17-18H2,1-4H3,(H,25,28). The fourth-order valence-corrected chi connectivity index (χ4v) is 5.17. The van der Waals surface area contributed by atoms with Crippen molar-refractivity contribution in [2.24, 2.45) is 0 Å². The minimum atomic E-state index is -3.85. The van der Waals surface area contributed by atoms with Crippen LogP contribution in [0.25, 0.3) is 0 Å². The lowest BCUT2D eigenvalue weighted by Crippen LogP contribution is -2.49. The van der Waals surface area contributed by atoms with E-state index in [1.54, 1.807) is 6.07 Å². The number of hydrogen-bond donors (Lipinski definition) is 1. The van der Waals surface area contributed by atoms with E-state index in [4.69, 9.17) is 4.74 Å². The summed E-state index contributed by atoms with van der Waals surface area (Å²) in [6, 6.07) is 15.7. The molecule has 1 saturated heterocycles. The van der Waals surface area contributed by atoms with Crippen molar-refractivity contribution >= 4 is 21.8 Å². The fourth-order valence-electron chi connectivity index (χ4n) is 4.05. The van der Waals surface area contributed by atoms with Crippen molar-refractivity contribution in [2.45, 2.75) is 32.1 Å². The van der Waals surface area contributed by atoms with Crippen LogP contribution in [-0.4, -0.2) is 59.0 Å². The van der Waals surface area contributed by atoms with Gasteiger partial charge in [-0.2, -0.15) is 12.7 Å². The normalized spacial score (nSPS) is 16.0. The molecule has 1 aliphatic rings. The maximum atomic E-state index is 13.1. The zero-order valence-electron chi connectivity index (χ0n) is 19.3. The molecule has 0 aliphatic carbocycles. The monoisotopic (exact) mass is 459 g/mol. The number of hydrogen-bond acceptors (Lipinski definition) is 4. The zero-order chi connectivity index (χ0) is 23.4.